The van der Waals surface area contributed by atoms with Crippen LogP contribution in [-0.2, 0) is 9.47 Å². The molecule has 6 heteroatoms. The number of nitrogens with zero attached hydrogens (tertiary/aromatic N) is 3. The lowest BCUT2D eigenvalue weighted by Gasteiger charge is -2.38. The minimum atomic E-state index is -0.401. The highest BCUT2D eigenvalue weighted by molar-refractivity contribution is 6.06. The van der Waals surface area contributed by atoms with Crippen molar-refractivity contribution in [1.29, 1.82) is 0 Å². The van der Waals surface area contributed by atoms with Gasteiger partial charge in [0.25, 0.3) is 5.91 Å². The standard InChI is InChI=1S/C22H27N3O3/c1-3-25(19-6-4-5-17(2)13-19)21(26)18-14-20(16-23-15-18)24-9-7-22(8-10-24)27-11-12-28-22/h4-6,13-16H,3,7-12H2,1-2H3. The van der Waals surface area contributed by atoms with Crippen LogP contribution in [0.25, 0.3) is 0 Å². The third-order valence-corrected chi connectivity index (χ3v) is 5.55. The lowest BCUT2D eigenvalue weighted by atomic mass is 10.0. The van der Waals surface area contributed by atoms with Gasteiger partial charge in [-0.3, -0.25) is 9.78 Å². The van der Waals surface area contributed by atoms with Gasteiger partial charge in [0.1, 0.15) is 0 Å². The zero-order chi connectivity index (χ0) is 19.6. The Bertz CT molecular complexity index is 838. The van der Waals surface area contributed by atoms with Gasteiger partial charge in [-0.05, 0) is 37.6 Å². The number of aryl methyl sites for hydroxylation is 1. The predicted molar refractivity (Wildman–Crippen MR) is 109 cm³/mol. The van der Waals surface area contributed by atoms with Gasteiger partial charge in [0.15, 0.2) is 5.79 Å². The molecule has 3 heterocycles. The topological polar surface area (TPSA) is 54.9 Å². The summed E-state index contributed by atoms with van der Waals surface area (Å²) >= 11 is 0. The first-order chi connectivity index (χ1) is 13.6. The molecule has 6 nitrogen and oxygen atoms in total. The van der Waals surface area contributed by atoms with Crippen LogP contribution in [0.1, 0.15) is 35.7 Å². The summed E-state index contributed by atoms with van der Waals surface area (Å²) in [4.78, 5) is 21.5. The SMILES string of the molecule is CCN(C(=O)c1cncc(N2CCC3(CC2)OCCO3)c1)c1cccc(C)c1. The van der Waals surface area contributed by atoms with Crippen molar-refractivity contribution in [3.8, 4) is 0 Å². The summed E-state index contributed by atoms with van der Waals surface area (Å²) in [7, 11) is 0. The fraction of sp³-hybridized carbons (Fsp3) is 0.455. The van der Waals surface area contributed by atoms with Crippen LogP contribution < -0.4 is 9.80 Å². The van der Waals surface area contributed by atoms with Crippen molar-refractivity contribution >= 4 is 17.3 Å². The Hall–Kier alpha value is -2.44. The van der Waals surface area contributed by atoms with E-state index < -0.39 is 5.79 Å². The number of hydrogen-bond donors (Lipinski definition) is 0. The molecule has 1 amide bonds. The van der Waals surface area contributed by atoms with Crippen molar-refractivity contribution in [2.24, 2.45) is 0 Å². The molecule has 0 N–H and O–H groups in total. The number of aromatic nitrogens is 1. The van der Waals surface area contributed by atoms with Gasteiger partial charge in [-0.25, -0.2) is 0 Å². The van der Waals surface area contributed by atoms with E-state index in [0.717, 1.165) is 42.9 Å². The average molecular weight is 381 g/mol. The third-order valence-electron chi connectivity index (χ3n) is 5.55. The zero-order valence-electron chi connectivity index (χ0n) is 16.6. The van der Waals surface area contributed by atoms with Crippen LogP contribution in [0.15, 0.2) is 42.7 Å². The molecule has 0 atom stereocenters. The van der Waals surface area contributed by atoms with Crippen LogP contribution in [0, 0.1) is 6.92 Å². The number of anilines is 2. The Labute approximate surface area is 166 Å². The van der Waals surface area contributed by atoms with Gasteiger partial charge in [0.2, 0.25) is 0 Å². The lowest BCUT2D eigenvalue weighted by molar-refractivity contribution is -0.169. The van der Waals surface area contributed by atoms with Crippen LogP contribution >= 0.6 is 0 Å². The van der Waals surface area contributed by atoms with Crippen molar-refractivity contribution in [3.63, 3.8) is 0 Å². The highest BCUT2D eigenvalue weighted by Crippen LogP contribution is 2.33. The van der Waals surface area contributed by atoms with E-state index in [1.54, 1.807) is 11.1 Å². The number of pyridine rings is 1. The fourth-order valence-corrected chi connectivity index (χ4v) is 4.00. The molecule has 2 fully saturated rings. The van der Waals surface area contributed by atoms with E-state index in [0.29, 0.717) is 25.3 Å². The Kier molecular flexibility index (Phi) is 5.33. The maximum atomic E-state index is 13.2. The second-order valence-electron chi connectivity index (χ2n) is 7.41. The largest absolute Gasteiger partial charge is 0.370 e. The maximum Gasteiger partial charge on any atom is 0.259 e. The molecule has 0 radical (unpaired) electrons. The number of carbonyl (C=O) groups is 1. The summed E-state index contributed by atoms with van der Waals surface area (Å²) in [6, 6.07) is 9.96. The van der Waals surface area contributed by atoms with Crippen LogP contribution in [0.5, 0.6) is 0 Å². The van der Waals surface area contributed by atoms with E-state index in [9.17, 15) is 4.79 Å². The van der Waals surface area contributed by atoms with E-state index >= 15 is 0 Å². The van der Waals surface area contributed by atoms with Gasteiger partial charge in [0.05, 0.1) is 30.7 Å². The van der Waals surface area contributed by atoms with E-state index in [2.05, 4.69) is 9.88 Å². The molecule has 2 aliphatic heterocycles. The summed E-state index contributed by atoms with van der Waals surface area (Å²) in [5, 5.41) is 0. The molecule has 1 spiro atoms. The highest BCUT2D eigenvalue weighted by Gasteiger charge is 2.39. The summed E-state index contributed by atoms with van der Waals surface area (Å²) in [6.07, 6.45) is 5.14. The van der Waals surface area contributed by atoms with Crippen LogP contribution in [-0.4, -0.2) is 49.5 Å². The second-order valence-corrected chi connectivity index (χ2v) is 7.41. The van der Waals surface area contributed by atoms with E-state index in [-0.39, 0.29) is 5.91 Å². The molecule has 0 aliphatic carbocycles. The molecule has 0 unspecified atom stereocenters. The number of carbonyl (C=O) groups excluding carboxylic acids is 1. The Balaban J connectivity index is 1.51. The van der Waals surface area contributed by atoms with Crippen LogP contribution in [0.4, 0.5) is 11.4 Å². The number of piperidine rings is 1. The van der Waals surface area contributed by atoms with E-state index in [1.807, 2.05) is 50.4 Å². The monoisotopic (exact) mass is 381 g/mol. The van der Waals surface area contributed by atoms with Crippen molar-refractivity contribution in [3.05, 3.63) is 53.9 Å². The first-order valence-corrected chi connectivity index (χ1v) is 9.97. The molecule has 2 aromatic rings. The van der Waals surface area contributed by atoms with E-state index in [4.69, 9.17) is 9.47 Å². The molecule has 28 heavy (non-hydrogen) atoms. The van der Waals surface area contributed by atoms with Gasteiger partial charge in [-0.2, -0.15) is 0 Å². The van der Waals surface area contributed by atoms with Gasteiger partial charge in [-0.1, -0.05) is 12.1 Å². The Morgan fingerprint density at radius 3 is 2.61 bits per heavy atom. The molecule has 0 bridgehead atoms. The van der Waals surface area contributed by atoms with E-state index in [1.165, 1.54) is 0 Å². The summed E-state index contributed by atoms with van der Waals surface area (Å²) in [5.41, 5.74) is 3.62. The molecule has 0 saturated carbocycles. The third kappa shape index (κ3) is 3.75. The van der Waals surface area contributed by atoms with Gasteiger partial charge < -0.3 is 19.3 Å². The molecule has 148 valence electrons. The fourth-order valence-electron chi connectivity index (χ4n) is 4.00. The minimum Gasteiger partial charge on any atom is -0.370 e. The van der Waals surface area contributed by atoms with Gasteiger partial charge in [0, 0.05) is 44.4 Å². The number of amides is 1. The Morgan fingerprint density at radius 2 is 1.93 bits per heavy atom. The number of rotatable bonds is 4. The minimum absolute atomic E-state index is 0.0293. The Morgan fingerprint density at radius 1 is 1.18 bits per heavy atom. The molecule has 1 aromatic carbocycles. The summed E-state index contributed by atoms with van der Waals surface area (Å²) in [5.74, 6) is -0.431. The predicted octanol–water partition coefficient (Wildman–Crippen LogP) is 3.40. The van der Waals surface area contributed by atoms with Gasteiger partial charge >= 0.3 is 0 Å². The quantitative estimate of drug-likeness (QED) is 0.812. The van der Waals surface area contributed by atoms with Crippen molar-refractivity contribution in [2.45, 2.75) is 32.5 Å². The molecule has 1 aromatic heterocycles. The molecule has 2 saturated heterocycles. The molecular weight excluding hydrogens is 354 g/mol. The second kappa shape index (κ2) is 7.89. The number of hydrogen-bond acceptors (Lipinski definition) is 5. The maximum absolute atomic E-state index is 13.2. The number of ether oxygens (including phenoxy) is 2. The van der Waals surface area contributed by atoms with Crippen molar-refractivity contribution in [2.75, 3.05) is 42.6 Å². The zero-order valence-corrected chi connectivity index (χ0v) is 16.6. The molecular formula is C22H27N3O3. The number of benzene rings is 1. The molecule has 4 rings (SSSR count). The first-order valence-electron chi connectivity index (χ1n) is 9.97. The summed E-state index contributed by atoms with van der Waals surface area (Å²) < 4.78 is 11.6. The lowest BCUT2D eigenvalue weighted by Crippen LogP contribution is -2.45. The first kappa shape index (κ1) is 18.9. The summed E-state index contributed by atoms with van der Waals surface area (Å²) in [6.45, 7) is 7.64. The van der Waals surface area contributed by atoms with Gasteiger partial charge in [-0.15, -0.1) is 0 Å². The average Bonchev–Trinajstić information content (AvgIpc) is 3.17. The van der Waals surface area contributed by atoms with Crippen molar-refractivity contribution < 1.29 is 14.3 Å². The van der Waals surface area contributed by atoms with Crippen LogP contribution in [0.2, 0.25) is 0 Å². The smallest absolute Gasteiger partial charge is 0.259 e. The highest BCUT2D eigenvalue weighted by atomic mass is 16.7. The van der Waals surface area contributed by atoms with Crippen LogP contribution in [0.3, 0.4) is 0 Å². The van der Waals surface area contributed by atoms with Crippen molar-refractivity contribution in [1.82, 2.24) is 4.98 Å². The molecule has 2 aliphatic rings. The normalized spacial score (nSPS) is 18.4.